The van der Waals surface area contributed by atoms with Gasteiger partial charge in [0.2, 0.25) is 5.88 Å². The molecule has 0 amide bonds. The number of aliphatic imine (C=N–C) groups is 1. The third kappa shape index (κ3) is 4.90. The molecule has 0 bridgehead atoms. The molecule has 0 aliphatic heterocycles. The highest BCUT2D eigenvalue weighted by atomic mass is 32.2. The van der Waals surface area contributed by atoms with E-state index in [1.807, 2.05) is 6.92 Å². The van der Waals surface area contributed by atoms with E-state index in [9.17, 15) is 18.7 Å². The van der Waals surface area contributed by atoms with Crippen LogP contribution in [0.4, 0.5) is 14.5 Å². The smallest absolute Gasteiger partial charge is 0.288 e. The van der Waals surface area contributed by atoms with Crippen LogP contribution in [0.2, 0.25) is 0 Å². The van der Waals surface area contributed by atoms with Crippen molar-refractivity contribution in [1.82, 2.24) is 4.57 Å². The van der Waals surface area contributed by atoms with Gasteiger partial charge in [-0.3, -0.25) is 9.79 Å². The quantitative estimate of drug-likeness (QED) is 0.262. The van der Waals surface area contributed by atoms with Crippen molar-refractivity contribution in [2.75, 3.05) is 6.61 Å². The van der Waals surface area contributed by atoms with E-state index in [2.05, 4.69) is 4.99 Å². The third-order valence-electron chi connectivity index (χ3n) is 4.91. The number of nitrogens with zero attached hydrogens (tertiary/aromatic N) is 2. The number of pyridine rings is 1. The first-order valence-electron chi connectivity index (χ1n) is 10.2. The fourth-order valence-electron chi connectivity index (χ4n) is 3.44. The van der Waals surface area contributed by atoms with Crippen LogP contribution in [0.25, 0.3) is 16.5 Å². The van der Waals surface area contributed by atoms with Crippen molar-refractivity contribution >= 4 is 34.4 Å². The molecule has 4 rings (SSSR count). The summed E-state index contributed by atoms with van der Waals surface area (Å²) in [7, 11) is 0. The minimum absolute atomic E-state index is 0.253. The minimum atomic E-state index is -2.49. The summed E-state index contributed by atoms with van der Waals surface area (Å²) < 4.78 is 31.7. The first-order valence-corrected chi connectivity index (χ1v) is 11.0. The highest BCUT2D eigenvalue weighted by molar-refractivity contribution is 7.99. The Morgan fingerprint density at radius 1 is 1.03 bits per heavy atom. The first-order chi connectivity index (χ1) is 16.0. The lowest BCUT2D eigenvalue weighted by molar-refractivity contribution is 0.252. The van der Waals surface area contributed by atoms with Gasteiger partial charge in [-0.05, 0) is 61.5 Å². The van der Waals surface area contributed by atoms with Gasteiger partial charge in [0.15, 0.2) is 0 Å². The van der Waals surface area contributed by atoms with Crippen LogP contribution in [-0.2, 0) is 0 Å². The fraction of sp³-hybridized carbons (Fsp3) is 0.120. The van der Waals surface area contributed by atoms with Crippen LogP contribution >= 0.6 is 11.8 Å². The number of benzene rings is 3. The first kappa shape index (κ1) is 22.5. The standard InChI is InChI=1S/C25H20F2N2O3S/c1-2-32-18-11-9-17(10-12-18)29-23(30)21-6-4-3-5-20(21)22(24(29)31)15-28-16-7-13-19(14-8-16)33-25(26)27/h3-15,25,31H,2H2,1H3. The fourth-order valence-corrected chi connectivity index (χ4v) is 3.94. The zero-order valence-corrected chi connectivity index (χ0v) is 18.4. The molecule has 4 aromatic rings. The van der Waals surface area contributed by atoms with Crippen LogP contribution < -0.4 is 10.3 Å². The third-order valence-corrected chi connectivity index (χ3v) is 5.64. The Morgan fingerprint density at radius 3 is 2.33 bits per heavy atom. The molecule has 33 heavy (non-hydrogen) atoms. The van der Waals surface area contributed by atoms with Gasteiger partial charge in [-0.15, -0.1) is 0 Å². The molecule has 0 fully saturated rings. The minimum Gasteiger partial charge on any atom is -0.494 e. The number of rotatable bonds is 7. The summed E-state index contributed by atoms with van der Waals surface area (Å²) in [5, 5.41) is 12.0. The summed E-state index contributed by atoms with van der Waals surface area (Å²) >= 11 is 0.459. The highest BCUT2D eigenvalue weighted by Crippen LogP contribution is 2.29. The van der Waals surface area contributed by atoms with E-state index in [1.54, 1.807) is 72.8 Å². The molecule has 1 aromatic heterocycles. The SMILES string of the molecule is CCOc1ccc(-n2c(O)c(C=Nc3ccc(SC(F)F)cc3)c3ccccc3c2=O)cc1. The van der Waals surface area contributed by atoms with E-state index < -0.39 is 5.76 Å². The Labute approximate surface area is 193 Å². The van der Waals surface area contributed by atoms with Gasteiger partial charge >= 0.3 is 0 Å². The number of hydrogen-bond acceptors (Lipinski definition) is 5. The maximum absolute atomic E-state index is 13.2. The highest BCUT2D eigenvalue weighted by Gasteiger charge is 2.16. The van der Waals surface area contributed by atoms with Crippen molar-refractivity contribution in [2.24, 2.45) is 4.99 Å². The van der Waals surface area contributed by atoms with E-state index >= 15 is 0 Å². The van der Waals surface area contributed by atoms with Gasteiger partial charge in [-0.1, -0.05) is 30.0 Å². The molecule has 1 N–H and O–H groups in total. The monoisotopic (exact) mass is 466 g/mol. The average Bonchev–Trinajstić information content (AvgIpc) is 2.81. The molecule has 0 spiro atoms. The Balaban J connectivity index is 1.79. The molecular formula is C25H20F2N2O3S. The number of fused-ring (bicyclic) bond motifs is 1. The van der Waals surface area contributed by atoms with Crippen molar-refractivity contribution in [3.63, 3.8) is 0 Å². The normalized spacial score (nSPS) is 11.5. The van der Waals surface area contributed by atoms with E-state index in [1.165, 1.54) is 10.8 Å². The van der Waals surface area contributed by atoms with Crippen LogP contribution in [0.15, 0.2) is 87.5 Å². The number of ether oxygens (including phenoxy) is 1. The molecule has 0 atom stereocenters. The summed E-state index contributed by atoms with van der Waals surface area (Å²) in [6, 6.07) is 20.1. The lowest BCUT2D eigenvalue weighted by atomic mass is 10.1. The summed E-state index contributed by atoms with van der Waals surface area (Å²) in [5.74, 6) is -2.09. The van der Waals surface area contributed by atoms with E-state index in [0.29, 0.717) is 56.7 Å². The van der Waals surface area contributed by atoms with Gasteiger partial charge in [0.25, 0.3) is 11.3 Å². The molecule has 0 radical (unpaired) electrons. The summed E-state index contributed by atoms with van der Waals surface area (Å²) in [6.07, 6.45) is 1.47. The molecule has 3 aromatic carbocycles. The molecule has 0 saturated heterocycles. The molecule has 5 nitrogen and oxygen atoms in total. The van der Waals surface area contributed by atoms with Gasteiger partial charge in [-0.25, -0.2) is 4.57 Å². The maximum Gasteiger partial charge on any atom is 0.288 e. The lowest BCUT2D eigenvalue weighted by Crippen LogP contribution is -2.20. The molecular weight excluding hydrogens is 446 g/mol. The number of thioether (sulfide) groups is 1. The van der Waals surface area contributed by atoms with Crippen LogP contribution in [0, 0.1) is 0 Å². The number of aromatic nitrogens is 1. The Kier molecular flexibility index (Phi) is 6.74. The van der Waals surface area contributed by atoms with Crippen LogP contribution in [0.1, 0.15) is 12.5 Å². The van der Waals surface area contributed by atoms with Gasteiger partial charge in [0.1, 0.15) is 5.75 Å². The van der Waals surface area contributed by atoms with Gasteiger partial charge in [0.05, 0.1) is 23.5 Å². The van der Waals surface area contributed by atoms with Gasteiger partial charge in [-0.2, -0.15) is 8.78 Å². The Morgan fingerprint density at radius 2 is 1.70 bits per heavy atom. The van der Waals surface area contributed by atoms with Crippen LogP contribution in [-0.4, -0.2) is 28.3 Å². The number of aromatic hydroxyl groups is 1. The van der Waals surface area contributed by atoms with Gasteiger partial charge in [0, 0.05) is 21.9 Å². The Bertz CT molecular complexity index is 1350. The largest absolute Gasteiger partial charge is 0.494 e. The van der Waals surface area contributed by atoms with E-state index in [4.69, 9.17) is 4.74 Å². The number of halogens is 2. The second kappa shape index (κ2) is 9.87. The summed E-state index contributed by atoms with van der Waals surface area (Å²) in [5.41, 5.74) is 1.01. The summed E-state index contributed by atoms with van der Waals surface area (Å²) in [6.45, 7) is 2.40. The molecule has 1 heterocycles. The molecule has 0 saturated carbocycles. The maximum atomic E-state index is 13.2. The number of hydrogen-bond donors (Lipinski definition) is 1. The van der Waals surface area contributed by atoms with Crippen molar-refractivity contribution < 1.29 is 18.6 Å². The Hall–Kier alpha value is -3.65. The summed E-state index contributed by atoms with van der Waals surface area (Å²) in [4.78, 5) is 18.0. The van der Waals surface area contributed by atoms with E-state index in [0.717, 1.165) is 0 Å². The molecule has 0 unspecified atom stereocenters. The zero-order valence-electron chi connectivity index (χ0n) is 17.6. The molecule has 168 valence electrons. The van der Waals surface area contributed by atoms with Crippen molar-refractivity contribution in [3.8, 4) is 17.3 Å². The second-order valence-electron chi connectivity index (χ2n) is 6.98. The van der Waals surface area contributed by atoms with Crippen LogP contribution in [0.3, 0.4) is 0 Å². The second-order valence-corrected chi connectivity index (χ2v) is 8.04. The van der Waals surface area contributed by atoms with Crippen molar-refractivity contribution in [2.45, 2.75) is 17.6 Å². The lowest BCUT2D eigenvalue weighted by Gasteiger charge is -2.14. The van der Waals surface area contributed by atoms with Crippen molar-refractivity contribution in [3.05, 3.63) is 88.7 Å². The molecule has 8 heteroatoms. The molecule has 0 aliphatic carbocycles. The predicted octanol–water partition coefficient (Wildman–Crippen LogP) is 6.16. The predicted molar refractivity (Wildman–Crippen MR) is 128 cm³/mol. The van der Waals surface area contributed by atoms with Gasteiger partial charge < -0.3 is 9.84 Å². The number of alkyl halides is 2. The molecule has 0 aliphatic rings. The topological polar surface area (TPSA) is 63.8 Å². The average molecular weight is 467 g/mol. The van der Waals surface area contributed by atoms with Crippen molar-refractivity contribution in [1.29, 1.82) is 0 Å². The zero-order chi connectivity index (χ0) is 23.4. The van der Waals surface area contributed by atoms with Crippen LogP contribution in [0.5, 0.6) is 11.6 Å². The van der Waals surface area contributed by atoms with E-state index in [-0.39, 0.29) is 11.4 Å².